The van der Waals surface area contributed by atoms with Gasteiger partial charge in [0.05, 0.1) is 12.2 Å². The molecule has 11 atom stereocenters. The molecule has 1 aliphatic heterocycles. The Balaban J connectivity index is 1.27. The van der Waals surface area contributed by atoms with Crippen molar-refractivity contribution in [3.63, 3.8) is 0 Å². The highest BCUT2D eigenvalue weighted by Gasteiger charge is 2.76. The van der Waals surface area contributed by atoms with Gasteiger partial charge in [-0.05, 0) is 103 Å². The Bertz CT molecular complexity index is 811. The molecule has 1 heterocycles. The van der Waals surface area contributed by atoms with Gasteiger partial charge in [-0.25, -0.2) is 0 Å². The maximum absolute atomic E-state index is 13.4. The quantitative estimate of drug-likeness (QED) is 0.499. The number of hydrogen-bond donors (Lipinski definition) is 0. The van der Waals surface area contributed by atoms with Crippen molar-refractivity contribution >= 4 is 5.78 Å². The summed E-state index contributed by atoms with van der Waals surface area (Å²) in [5.74, 6) is 5.29. The van der Waals surface area contributed by atoms with Crippen LogP contribution in [0.15, 0.2) is 11.6 Å². The van der Waals surface area contributed by atoms with Crippen LogP contribution in [0.2, 0.25) is 0 Å². The molecule has 1 saturated heterocycles. The van der Waals surface area contributed by atoms with E-state index in [-0.39, 0.29) is 10.8 Å². The fourth-order valence-electron chi connectivity index (χ4n) is 9.80. The molecule has 0 radical (unpaired) electrons. The monoisotopic (exact) mass is 410 g/mol. The van der Waals surface area contributed by atoms with E-state index in [0.717, 1.165) is 5.92 Å². The van der Waals surface area contributed by atoms with Crippen LogP contribution in [0.1, 0.15) is 86.5 Å². The minimum atomic E-state index is 0.0578. The van der Waals surface area contributed by atoms with Crippen LogP contribution in [0.4, 0.5) is 0 Å². The van der Waals surface area contributed by atoms with E-state index in [9.17, 15) is 4.79 Å². The zero-order chi connectivity index (χ0) is 21.2. The molecular formula is C28H42O2. The summed E-state index contributed by atoms with van der Waals surface area (Å²) >= 11 is 0. The first-order chi connectivity index (χ1) is 14.1. The standard InChI is InChI=1S/C28H42O2/c1-15(2)16(3)24-25(30-24)17(4)20-7-8-21-19-13-23(29)28-14-18(28)9-12-27(28,6)22(19)10-11-26(20,21)5/h13,15-18,20-22,24-25H,7-12,14H2,1-6H3/t16-,17+,18-,20-,21+,22+,24-,25-,26-,27-,28+/m1/s1. The van der Waals surface area contributed by atoms with Gasteiger partial charge in [0.15, 0.2) is 5.78 Å². The number of fused-ring (bicyclic) bond motifs is 4. The van der Waals surface area contributed by atoms with Crippen molar-refractivity contribution in [2.24, 2.45) is 57.7 Å². The summed E-state index contributed by atoms with van der Waals surface area (Å²) in [7, 11) is 0. The Kier molecular flexibility index (Phi) is 4.02. The minimum absolute atomic E-state index is 0.0578. The summed E-state index contributed by atoms with van der Waals surface area (Å²) in [6, 6.07) is 0. The minimum Gasteiger partial charge on any atom is -0.369 e. The van der Waals surface area contributed by atoms with Crippen molar-refractivity contribution in [3.05, 3.63) is 11.6 Å². The Morgan fingerprint density at radius 1 is 0.967 bits per heavy atom. The predicted molar refractivity (Wildman–Crippen MR) is 120 cm³/mol. The molecule has 1 spiro atoms. The van der Waals surface area contributed by atoms with Crippen molar-refractivity contribution in [2.75, 3.05) is 0 Å². The number of epoxide rings is 1. The normalized spacial score (nSPS) is 55.3. The summed E-state index contributed by atoms with van der Waals surface area (Å²) in [4.78, 5) is 13.4. The van der Waals surface area contributed by atoms with Crippen molar-refractivity contribution in [2.45, 2.75) is 98.7 Å². The van der Waals surface area contributed by atoms with Crippen LogP contribution in [0.3, 0.4) is 0 Å². The van der Waals surface area contributed by atoms with Crippen molar-refractivity contribution in [3.8, 4) is 0 Å². The van der Waals surface area contributed by atoms with Crippen LogP contribution in [0.5, 0.6) is 0 Å². The topological polar surface area (TPSA) is 29.6 Å². The molecule has 2 nitrogen and oxygen atoms in total. The van der Waals surface area contributed by atoms with Gasteiger partial charge in [-0.1, -0.05) is 47.1 Å². The van der Waals surface area contributed by atoms with Crippen molar-refractivity contribution in [1.29, 1.82) is 0 Å². The maximum Gasteiger partial charge on any atom is 0.162 e. The highest BCUT2D eigenvalue weighted by Crippen LogP contribution is 2.79. The van der Waals surface area contributed by atoms with E-state index in [2.05, 4.69) is 47.6 Å². The van der Waals surface area contributed by atoms with Gasteiger partial charge in [-0.15, -0.1) is 0 Å². The lowest BCUT2D eigenvalue weighted by Crippen LogP contribution is -2.50. The first-order valence-electron chi connectivity index (χ1n) is 13.1. The number of hydrogen-bond acceptors (Lipinski definition) is 2. The molecule has 0 aromatic heterocycles. The average molecular weight is 411 g/mol. The molecule has 0 aromatic carbocycles. The Labute approximate surface area is 183 Å². The third kappa shape index (κ3) is 2.23. The van der Waals surface area contributed by atoms with Crippen LogP contribution < -0.4 is 0 Å². The van der Waals surface area contributed by atoms with E-state index in [1.807, 2.05) is 0 Å². The fraction of sp³-hybridized carbons (Fsp3) is 0.893. The van der Waals surface area contributed by atoms with E-state index < -0.39 is 0 Å². The highest BCUT2D eigenvalue weighted by atomic mass is 16.6. The van der Waals surface area contributed by atoms with Gasteiger partial charge in [0.1, 0.15) is 0 Å². The Morgan fingerprint density at radius 2 is 1.73 bits per heavy atom. The van der Waals surface area contributed by atoms with Gasteiger partial charge in [-0.3, -0.25) is 4.79 Å². The number of rotatable bonds is 4. The Hall–Kier alpha value is -0.630. The number of carbonyl (C=O) groups is 1. The molecule has 166 valence electrons. The number of ether oxygens (including phenoxy) is 1. The van der Waals surface area contributed by atoms with Gasteiger partial charge in [0, 0.05) is 5.41 Å². The van der Waals surface area contributed by atoms with Crippen LogP contribution in [0, 0.1) is 57.7 Å². The van der Waals surface area contributed by atoms with E-state index >= 15 is 0 Å². The van der Waals surface area contributed by atoms with Crippen LogP contribution >= 0.6 is 0 Å². The summed E-state index contributed by atoms with van der Waals surface area (Å²) in [5.41, 5.74) is 2.28. The molecule has 0 aromatic rings. The molecule has 30 heavy (non-hydrogen) atoms. The predicted octanol–water partition coefficient (Wildman–Crippen LogP) is 6.44. The molecule has 5 fully saturated rings. The lowest BCUT2D eigenvalue weighted by atomic mass is 9.49. The lowest BCUT2D eigenvalue weighted by molar-refractivity contribution is -0.127. The molecule has 4 saturated carbocycles. The second kappa shape index (κ2) is 6.03. The van der Waals surface area contributed by atoms with Crippen LogP contribution in [-0.2, 0) is 9.53 Å². The van der Waals surface area contributed by atoms with Crippen LogP contribution in [0.25, 0.3) is 0 Å². The van der Waals surface area contributed by atoms with E-state index in [0.29, 0.717) is 58.9 Å². The molecule has 2 heteroatoms. The number of ketones is 1. The number of allylic oxidation sites excluding steroid dienone is 2. The molecular weight excluding hydrogens is 368 g/mol. The highest BCUT2D eigenvalue weighted by molar-refractivity contribution is 6.00. The summed E-state index contributed by atoms with van der Waals surface area (Å²) in [6.07, 6.45) is 12.2. The third-order valence-electron chi connectivity index (χ3n) is 12.1. The second-order valence-electron chi connectivity index (χ2n) is 13.2. The summed E-state index contributed by atoms with van der Waals surface area (Å²) < 4.78 is 6.29. The molecule has 0 amide bonds. The van der Waals surface area contributed by atoms with Gasteiger partial charge < -0.3 is 4.74 Å². The third-order valence-corrected chi connectivity index (χ3v) is 12.1. The Morgan fingerprint density at radius 3 is 2.43 bits per heavy atom. The second-order valence-corrected chi connectivity index (χ2v) is 13.2. The zero-order valence-electron chi connectivity index (χ0n) is 20.0. The fourth-order valence-corrected chi connectivity index (χ4v) is 9.80. The largest absolute Gasteiger partial charge is 0.369 e. The van der Waals surface area contributed by atoms with E-state index in [1.165, 1.54) is 44.9 Å². The molecule has 0 bridgehead atoms. The lowest BCUT2D eigenvalue weighted by Gasteiger charge is -2.54. The molecule has 5 aliphatic carbocycles. The van der Waals surface area contributed by atoms with Crippen LogP contribution in [-0.4, -0.2) is 18.0 Å². The first kappa shape index (κ1) is 20.0. The SMILES string of the molecule is CC(C)[C@@H](C)[C@H]1O[C@@H]1[C@@H](C)[C@H]1CC[C@H]2C3=CC(=O)[C@]45C[C@H]4CC[C@]5(C)[C@H]3CC[C@]12C. The maximum atomic E-state index is 13.4. The zero-order valence-corrected chi connectivity index (χ0v) is 20.0. The number of carbonyl (C=O) groups excluding carboxylic acids is 1. The van der Waals surface area contributed by atoms with Crippen molar-refractivity contribution < 1.29 is 9.53 Å². The van der Waals surface area contributed by atoms with Gasteiger partial charge in [0.25, 0.3) is 0 Å². The molecule has 6 rings (SSSR count). The summed E-state index contributed by atoms with van der Waals surface area (Å²) in [6.45, 7) is 14.6. The van der Waals surface area contributed by atoms with E-state index in [1.54, 1.807) is 5.57 Å². The van der Waals surface area contributed by atoms with Gasteiger partial charge in [0.2, 0.25) is 0 Å². The first-order valence-corrected chi connectivity index (χ1v) is 13.1. The molecule has 0 unspecified atom stereocenters. The van der Waals surface area contributed by atoms with Gasteiger partial charge in [-0.2, -0.15) is 0 Å². The molecule has 0 N–H and O–H groups in total. The van der Waals surface area contributed by atoms with Gasteiger partial charge >= 0.3 is 0 Å². The average Bonchev–Trinajstić information content (AvgIpc) is 3.58. The molecule has 6 aliphatic rings. The van der Waals surface area contributed by atoms with E-state index in [4.69, 9.17) is 4.74 Å². The smallest absolute Gasteiger partial charge is 0.162 e. The van der Waals surface area contributed by atoms with Crippen molar-refractivity contribution in [1.82, 2.24) is 0 Å². The summed E-state index contributed by atoms with van der Waals surface area (Å²) in [5, 5.41) is 0.